The Bertz CT molecular complexity index is 1260. The Balaban J connectivity index is 1.57. The molecule has 34 heavy (non-hydrogen) atoms. The minimum atomic E-state index is -1.16. The van der Waals surface area contributed by atoms with Crippen LogP contribution in [0.25, 0.3) is 0 Å². The molecule has 176 valence electrons. The van der Waals surface area contributed by atoms with Gasteiger partial charge in [-0.15, -0.1) is 0 Å². The summed E-state index contributed by atoms with van der Waals surface area (Å²) >= 11 is 6.29. The summed E-state index contributed by atoms with van der Waals surface area (Å²) in [5.74, 6) is -1.70. The standard InChI is InChI=1S/C26H26ClN3O4/c1-4-28-17-9-6-5-8-15(17)26(25(28)33)22-21(18-10-7-11-29(18)26)23(31)30(24(22)32)19-12-14(2)16(27)13-20(19)34-3/h5-6,8-9,12-13,18,21-22H,4,7,10-11H2,1-3H3/t18-,21+,22-,26-/m0/s1. The first-order chi connectivity index (χ1) is 16.4. The van der Waals surface area contributed by atoms with Gasteiger partial charge in [-0.1, -0.05) is 29.8 Å². The number of fused-ring (bicyclic) bond motifs is 7. The number of ether oxygens (including phenoxy) is 1. The largest absolute Gasteiger partial charge is 0.495 e. The predicted molar refractivity (Wildman–Crippen MR) is 128 cm³/mol. The zero-order chi connectivity index (χ0) is 23.9. The van der Waals surface area contributed by atoms with Gasteiger partial charge in [-0.3, -0.25) is 19.3 Å². The van der Waals surface area contributed by atoms with Crippen molar-refractivity contribution in [2.24, 2.45) is 11.8 Å². The van der Waals surface area contributed by atoms with Gasteiger partial charge in [0.1, 0.15) is 11.3 Å². The van der Waals surface area contributed by atoms with Gasteiger partial charge in [0.05, 0.1) is 24.6 Å². The van der Waals surface area contributed by atoms with Crippen molar-refractivity contribution in [2.45, 2.75) is 38.3 Å². The Morgan fingerprint density at radius 2 is 1.88 bits per heavy atom. The molecule has 6 rings (SSSR count). The molecular weight excluding hydrogens is 454 g/mol. The Labute approximate surface area is 203 Å². The van der Waals surface area contributed by atoms with Crippen LogP contribution in [0.1, 0.15) is 30.9 Å². The maximum Gasteiger partial charge on any atom is 0.253 e. The highest BCUT2D eigenvalue weighted by atomic mass is 35.5. The maximum absolute atomic E-state index is 14.2. The van der Waals surface area contributed by atoms with E-state index in [9.17, 15) is 14.4 Å². The summed E-state index contributed by atoms with van der Waals surface area (Å²) in [6.45, 7) is 4.97. The molecule has 4 aliphatic rings. The fourth-order valence-corrected chi connectivity index (χ4v) is 7.03. The average Bonchev–Trinajstić information content (AvgIpc) is 3.53. The topological polar surface area (TPSA) is 70.2 Å². The van der Waals surface area contributed by atoms with Crippen molar-refractivity contribution in [1.29, 1.82) is 0 Å². The Hall–Kier alpha value is -2.90. The average molecular weight is 480 g/mol. The first kappa shape index (κ1) is 21.6. The molecule has 2 aromatic rings. The molecule has 0 radical (unpaired) electrons. The van der Waals surface area contributed by atoms with Crippen LogP contribution in [-0.4, -0.2) is 48.9 Å². The van der Waals surface area contributed by atoms with Crippen LogP contribution in [0, 0.1) is 18.8 Å². The van der Waals surface area contributed by atoms with Crippen molar-refractivity contribution >= 4 is 40.7 Å². The molecule has 0 aromatic heterocycles. The third kappa shape index (κ3) is 2.39. The molecule has 0 N–H and O–H groups in total. The van der Waals surface area contributed by atoms with Gasteiger partial charge < -0.3 is 9.64 Å². The van der Waals surface area contributed by atoms with Crippen molar-refractivity contribution in [3.63, 3.8) is 0 Å². The highest BCUT2D eigenvalue weighted by Gasteiger charge is 2.75. The van der Waals surface area contributed by atoms with Gasteiger partial charge in [0.15, 0.2) is 0 Å². The van der Waals surface area contributed by atoms with Gasteiger partial charge in [-0.25, -0.2) is 4.90 Å². The number of para-hydroxylation sites is 1. The summed E-state index contributed by atoms with van der Waals surface area (Å²) in [6.07, 6.45) is 1.68. The van der Waals surface area contributed by atoms with Crippen LogP contribution >= 0.6 is 11.6 Å². The SMILES string of the molecule is CCN1C(=O)[C@]2(c3ccccc31)[C@@H]1C(=O)N(c3cc(C)c(Cl)cc3OC)C(=O)[C@@H]1[C@@H]1CCCN12. The summed E-state index contributed by atoms with van der Waals surface area (Å²) in [6, 6.07) is 10.9. The van der Waals surface area contributed by atoms with Crippen LogP contribution in [0.15, 0.2) is 36.4 Å². The molecule has 7 nitrogen and oxygen atoms in total. The van der Waals surface area contributed by atoms with Crippen LogP contribution in [0.4, 0.5) is 11.4 Å². The number of halogens is 1. The highest BCUT2D eigenvalue weighted by molar-refractivity contribution is 6.32. The zero-order valence-electron chi connectivity index (χ0n) is 19.4. The lowest BCUT2D eigenvalue weighted by Crippen LogP contribution is -2.56. The monoisotopic (exact) mass is 479 g/mol. The number of methoxy groups -OCH3 is 1. The predicted octanol–water partition coefficient (Wildman–Crippen LogP) is 3.50. The van der Waals surface area contributed by atoms with Crippen molar-refractivity contribution in [3.05, 3.63) is 52.5 Å². The number of carbonyl (C=O) groups is 3. The first-order valence-electron chi connectivity index (χ1n) is 11.8. The Kier molecular flexibility index (Phi) is 4.64. The molecule has 2 aromatic carbocycles. The fraction of sp³-hybridized carbons (Fsp3) is 0.423. The van der Waals surface area contributed by atoms with E-state index in [1.165, 1.54) is 12.0 Å². The summed E-state index contributed by atoms with van der Waals surface area (Å²) in [5.41, 5.74) is 1.64. The van der Waals surface area contributed by atoms with Crippen LogP contribution in [0.2, 0.25) is 5.02 Å². The molecule has 4 atom stereocenters. The molecule has 0 saturated carbocycles. The van der Waals surface area contributed by atoms with E-state index in [0.717, 1.165) is 29.7 Å². The Morgan fingerprint density at radius 1 is 1.12 bits per heavy atom. The number of benzene rings is 2. The smallest absolute Gasteiger partial charge is 0.253 e. The minimum Gasteiger partial charge on any atom is -0.495 e. The number of carbonyl (C=O) groups excluding carboxylic acids is 3. The summed E-state index contributed by atoms with van der Waals surface area (Å²) in [4.78, 5) is 47.6. The minimum absolute atomic E-state index is 0.0992. The molecule has 8 heteroatoms. The number of aryl methyl sites for hydroxylation is 1. The zero-order valence-corrected chi connectivity index (χ0v) is 20.1. The molecule has 1 spiro atoms. The number of likely N-dealkylation sites (N-methyl/N-ethyl adjacent to an activating group) is 1. The summed E-state index contributed by atoms with van der Waals surface area (Å²) < 4.78 is 5.51. The van der Waals surface area contributed by atoms with E-state index >= 15 is 0 Å². The van der Waals surface area contributed by atoms with E-state index in [1.807, 2.05) is 38.1 Å². The number of nitrogens with zero attached hydrogens (tertiary/aromatic N) is 3. The lowest BCUT2D eigenvalue weighted by atomic mass is 9.75. The summed E-state index contributed by atoms with van der Waals surface area (Å²) in [5, 5.41) is 0.497. The Morgan fingerprint density at radius 3 is 2.62 bits per heavy atom. The van der Waals surface area contributed by atoms with Crippen LogP contribution < -0.4 is 14.5 Å². The normalized spacial score (nSPS) is 29.9. The van der Waals surface area contributed by atoms with Crippen LogP contribution in [0.5, 0.6) is 5.75 Å². The molecule has 0 unspecified atom stereocenters. The molecule has 0 aliphatic carbocycles. The van der Waals surface area contributed by atoms with Gasteiger partial charge in [0.25, 0.3) is 5.91 Å². The van der Waals surface area contributed by atoms with Gasteiger partial charge in [0, 0.05) is 34.9 Å². The maximum atomic E-state index is 14.2. The third-order valence-electron chi connectivity index (χ3n) is 8.16. The first-order valence-corrected chi connectivity index (χ1v) is 12.2. The second-order valence-electron chi connectivity index (χ2n) is 9.52. The van der Waals surface area contributed by atoms with E-state index in [0.29, 0.717) is 29.5 Å². The fourth-order valence-electron chi connectivity index (χ4n) is 6.88. The number of imide groups is 1. The number of rotatable bonds is 3. The number of hydrogen-bond acceptors (Lipinski definition) is 5. The van der Waals surface area contributed by atoms with Crippen molar-refractivity contribution < 1.29 is 19.1 Å². The lowest BCUT2D eigenvalue weighted by molar-refractivity contribution is -0.137. The van der Waals surface area contributed by atoms with E-state index < -0.39 is 17.4 Å². The molecule has 0 bridgehead atoms. The number of amides is 3. The molecule has 4 aliphatic heterocycles. The second-order valence-corrected chi connectivity index (χ2v) is 9.93. The van der Waals surface area contributed by atoms with E-state index in [1.54, 1.807) is 17.0 Å². The third-order valence-corrected chi connectivity index (χ3v) is 8.57. The quantitative estimate of drug-likeness (QED) is 0.630. The van der Waals surface area contributed by atoms with Crippen molar-refractivity contribution in [2.75, 3.05) is 30.0 Å². The van der Waals surface area contributed by atoms with E-state index in [2.05, 4.69) is 4.90 Å². The molecule has 3 fully saturated rings. The van der Waals surface area contributed by atoms with Gasteiger partial charge in [-0.2, -0.15) is 0 Å². The molecule has 3 amide bonds. The van der Waals surface area contributed by atoms with Gasteiger partial charge in [0.2, 0.25) is 11.8 Å². The lowest BCUT2D eigenvalue weighted by Gasteiger charge is -2.37. The second kappa shape index (κ2) is 7.30. The summed E-state index contributed by atoms with van der Waals surface area (Å²) in [7, 11) is 1.49. The van der Waals surface area contributed by atoms with Crippen molar-refractivity contribution in [1.82, 2.24) is 4.90 Å². The van der Waals surface area contributed by atoms with Gasteiger partial charge >= 0.3 is 0 Å². The number of hydrogen-bond donors (Lipinski definition) is 0. The molecule has 3 saturated heterocycles. The molecule has 4 heterocycles. The molecular formula is C26H26ClN3O4. The van der Waals surface area contributed by atoms with E-state index in [-0.39, 0.29) is 23.8 Å². The van der Waals surface area contributed by atoms with Crippen molar-refractivity contribution in [3.8, 4) is 5.75 Å². The van der Waals surface area contributed by atoms with E-state index in [4.69, 9.17) is 16.3 Å². The van der Waals surface area contributed by atoms with Crippen LogP contribution in [0.3, 0.4) is 0 Å². The number of anilines is 2. The highest BCUT2D eigenvalue weighted by Crippen LogP contribution is 2.62. The van der Waals surface area contributed by atoms with Gasteiger partial charge in [-0.05, 0) is 50.9 Å². The van der Waals surface area contributed by atoms with Crippen LogP contribution in [-0.2, 0) is 19.9 Å².